The molecule has 1 N–H and O–H groups in total. The third-order valence-electron chi connectivity index (χ3n) is 1.94. The summed E-state index contributed by atoms with van der Waals surface area (Å²) in [5.41, 5.74) is 0. The van der Waals surface area contributed by atoms with E-state index in [0.29, 0.717) is 0 Å². The summed E-state index contributed by atoms with van der Waals surface area (Å²) in [5, 5.41) is 2.39. The molecule has 0 aliphatic carbocycles. The lowest BCUT2D eigenvalue weighted by Crippen LogP contribution is -2.30. The van der Waals surface area contributed by atoms with Crippen molar-refractivity contribution in [2.24, 2.45) is 0 Å². The van der Waals surface area contributed by atoms with Crippen molar-refractivity contribution in [2.75, 3.05) is 18.6 Å². The summed E-state index contributed by atoms with van der Waals surface area (Å²) in [6.45, 7) is 2.45. The van der Waals surface area contributed by atoms with E-state index in [1.165, 1.54) is 25.0 Å². The zero-order valence-electron chi connectivity index (χ0n) is 9.01. The van der Waals surface area contributed by atoms with Crippen molar-refractivity contribution in [2.45, 2.75) is 38.0 Å². The Morgan fingerprint density at radius 1 is 1.36 bits per heavy atom. The maximum Gasteiger partial charge on any atom is 0.237 e. The molecule has 1 atom stereocenters. The molecule has 0 saturated carbocycles. The first-order chi connectivity index (χ1) is 6.68. The minimum atomic E-state index is -0.411. The topological polar surface area (TPSA) is 29.1 Å². The van der Waals surface area contributed by atoms with Crippen molar-refractivity contribution in [3.05, 3.63) is 0 Å². The van der Waals surface area contributed by atoms with Gasteiger partial charge in [0.2, 0.25) is 5.91 Å². The first-order valence-electron chi connectivity index (χ1n) is 5.09. The van der Waals surface area contributed by atoms with Gasteiger partial charge in [-0.1, -0.05) is 12.8 Å². The minimum absolute atomic E-state index is 0.0595. The molecule has 0 saturated heterocycles. The summed E-state index contributed by atoms with van der Waals surface area (Å²) in [6, 6.07) is 0. The van der Waals surface area contributed by atoms with Crippen LogP contribution in [0.4, 0.5) is 0 Å². The Kier molecular flexibility index (Phi) is 9.73. The molecule has 1 unspecified atom stereocenters. The lowest BCUT2D eigenvalue weighted by molar-refractivity contribution is -0.120. The number of rotatable bonds is 8. The summed E-state index contributed by atoms with van der Waals surface area (Å²) < 4.78 is 0. The lowest BCUT2D eigenvalue weighted by Gasteiger charge is -2.05. The quantitative estimate of drug-likeness (QED) is 0.520. The van der Waals surface area contributed by atoms with Crippen molar-refractivity contribution >= 4 is 29.3 Å². The van der Waals surface area contributed by atoms with Gasteiger partial charge >= 0.3 is 0 Å². The standard InChI is InChI=1S/C10H20ClNOS/c1-9(11)10(13)12-7-5-3-4-6-8-14-2/h9H,3-8H2,1-2H3,(H,12,13). The number of carbonyl (C=O) groups excluding carboxylic acids is 1. The van der Waals surface area contributed by atoms with Crippen molar-refractivity contribution in [1.82, 2.24) is 5.32 Å². The highest BCUT2D eigenvalue weighted by atomic mass is 35.5. The van der Waals surface area contributed by atoms with E-state index in [-0.39, 0.29) is 5.91 Å². The van der Waals surface area contributed by atoms with Crippen LogP contribution >= 0.6 is 23.4 Å². The summed E-state index contributed by atoms with van der Waals surface area (Å²) >= 11 is 7.48. The number of hydrogen-bond acceptors (Lipinski definition) is 2. The van der Waals surface area contributed by atoms with Crippen LogP contribution < -0.4 is 5.32 Å². The molecular weight excluding hydrogens is 218 g/mol. The van der Waals surface area contributed by atoms with Crippen LogP contribution in [-0.4, -0.2) is 29.8 Å². The number of amides is 1. The van der Waals surface area contributed by atoms with Crippen molar-refractivity contribution in [3.8, 4) is 0 Å². The molecule has 0 spiro atoms. The van der Waals surface area contributed by atoms with Gasteiger partial charge in [0.25, 0.3) is 0 Å². The second kappa shape index (κ2) is 9.66. The number of hydrogen-bond donors (Lipinski definition) is 1. The average molecular weight is 238 g/mol. The molecule has 0 bridgehead atoms. The zero-order chi connectivity index (χ0) is 10.8. The van der Waals surface area contributed by atoms with E-state index in [1.54, 1.807) is 6.92 Å². The van der Waals surface area contributed by atoms with Crippen LogP contribution in [0.3, 0.4) is 0 Å². The number of unbranched alkanes of at least 4 members (excludes halogenated alkanes) is 3. The normalized spacial score (nSPS) is 12.5. The Balaban J connectivity index is 3.10. The molecule has 14 heavy (non-hydrogen) atoms. The summed E-state index contributed by atoms with van der Waals surface area (Å²) in [6.07, 6.45) is 6.91. The molecular formula is C10H20ClNOS. The Hall–Kier alpha value is 0.110. The largest absolute Gasteiger partial charge is 0.355 e. The SMILES string of the molecule is CSCCCCCCNC(=O)C(C)Cl. The van der Waals surface area contributed by atoms with Crippen molar-refractivity contribution in [1.29, 1.82) is 0 Å². The van der Waals surface area contributed by atoms with Gasteiger partial charge in [-0.05, 0) is 31.8 Å². The highest BCUT2D eigenvalue weighted by Crippen LogP contribution is 2.04. The fourth-order valence-electron chi connectivity index (χ4n) is 1.08. The van der Waals surface area contributed by atoms with Gasteiger partial charge in [-0.25, -0.2) is 0 Å². The minimum Gasteiger partial charge on any atom is -0.355 e. The predicted octanol–water partition coefficient (Wildman–Crippen LogP) is 2.65. The molecule has 84 valence electrons. The molecule has 4 heteroatoms. The molecule has 0 aliphatic rings. The predicted molar refractivity (Wildman–Crippen MR) is 65.2 cm³/mol. The van der Waals surface area contributed by atoms with E-state index in [9.17, 15) is 4.79 Å². The lowest BCUT2D eigenvalue weighted by atomic mass is 10.2. The summed E-state index contributed by atoms with van der Waals surface area (Å²) in [7, 11) is 0. The molecule has 0 heterocycles. The van der Waals surface area contributed by atoms with Crippen molar-refractivity contribution < 1.29 is 4.79 Å². The fraction of sp³-hybridized carbons (Fsp3) is 0.900. The molecule has 0 aromatic carbocycles. The zero-order valence-corrected chi connectivity index (χ0v) is 10.6. The third-order valence-corrected chi connectivity index (χ3v) is 2.83. The Bertz CT molecular complexity index is 153. The van der Waals surface area contributed by atoms with Crippen LogP contribution in [0.5, 0.6) is 0 Å². The average Bonchev–Trinajstić information content (AvgIpc) is 2.16. The van der Waals surface area contributed by atoms with Crippen LogP contribution in [0, 0.1) is 0 Å². The Morgan fingerprint density at radius 3 is 2.57 bits per heavy atom. The van der Waals surface area contributed by atoms with E-state index >= 15 is 0 Å². The number of alkyl halides is 1. The van der Waals surface area contributed by atoms with Gasteiger partial charge in [0, 0.05) is 6.54 Å². The first-order valence-corrected chi connectivity index (χ1v) is 6.92. The molecule has 0 radical (unpaired) electrons. The number of nitrogens with one attached hydrogen (secondary N) is 1. The Morgan fingerprint density at radius 2 is 2.00 bits per heavy atom. The molecule has 0 aliphatic heterocycles. The van der Waals surface area contributed by atoms with Gasteiger partial charge in [-0.15, -0.1) is 11.6 Å². The number of carbonyl (C=O) groups is 1. The van der Waals surface area contributed by atoms with E-state index in [2.05, 4.69) is 11.6 Å². The maximum atomic E-state index is 11.0. The van der Waals surface area contributed by atoms with Crippen LogP contribution in [0.15, 0.2) is 0 Å². The van der Waals surface area contributed by atoms with Crippen LogP contribution in [0.1, 0.15) is 32.6 Å². The monoisotopic (exact) mass is 237 g/mol. The summed E-state index contributed by atoms with van der Waals surface area (Å²) in [4.78, 5) is 11.0. The second-order valence-electron chi connectivity index (χ2n) is 3.31. The van der Waals surface area contributed by atoms with E-state index in [0.717, 1.165) is 13.0 Å². The van der Waals surface area contributed by atoms with Gasteiger partial charge < -0.3 is 5.32 Å². The number of thioether (sulfide) groups is 1. The van der Waals surface area contributed by atoms with Crippen molar-refractivity contribution in [3.63, 3.8) is 0 Å². The van der Waals surface area contributed by atoms with Gasteiger partial charge in [0.1, 0.15) is 5.38 Å². The fourth-order valence-corrected chi connectivity index (χ4v) is 1.65. The molecule has 0 aromatic heterocycles. The first kappa shape index (κ1) is 14.1. The second-order valence-corrected chi connectivity index (χ2v) is 4.95. The third kappa shape index (κ3) is 8.70. The van der Waals surface area contributed by atoms with E-state index < -0.39 is 5.38 Å². The molecule has 0 aromatic rings. The van der Waals surface area contributed by atoms with Crippen LogP contribution in [0.25, 0.3) is 0 Å². The van der Waals surface area contributed by atoms with Gasteiger partial charge in [0.15, 0.2) is 0 Å². The van der Waals surface area contributed by atoms with Gasteiger partial charge in [-0.2, -0.15) is 11.8 Å². The smallest absolute Gasteiger partial charge is 0.237 e. The van der Waals surface area contributed by atoms with Crippen LogP contribution in [0.2, 0.25) is 0 Å². The van der Waals surface area contributed by atoms with Gasteiger partial charge in [-0.3, -0.25) is 4.79 Å². The molecule has 0 fully saturated rings. The molecule has 2 nitrogen and oxygen atoms in total. The van der Waals surface area contributed by atoms with Crippen LogP contribution in [-0.2, 0) is 4.79 Å². The van der Waals surface area contributed by atoms with E-state index in [1.807, 2.05) is 11.8 Å². The maximum absolute atomic E-state index is 11.0. The van der Waals surface area contributed by atoms with Gasteiger partial charge in [0.05, 0.1) is 0 Å². The molecule has 1 amide bonds. The summed E-state index contributed by atoms with van der Waals surface area (Å²) in [5.74, 6) is 1.18. The molecule has 0 rings (SSSR count). The highest BCUT2D eigenvalue weighted by Gasteiger charge is 2.06. The highest BCUT2D eigenvalue weighted by molar-refractivity contribution is 7.98. The van der Waals surface area contributed by atoms with E-state index in [4.69, 9.17) is 11.6 Å². The Labute approximate surface area is 96.2 Å². The number of halogens is 1.